The minimum atomic E-state index is -1.46. The molecule has 0 unspecified atom stereocenters. The number of carbonyl (C=O) groups is 3. The number of anilines is 1. The molecule has 7 nitrogen and oxygen atoms in total. The summed E-state index contributed by atoms with van der Waals surface area (Å²) in [7, 11) is 0. The van der Waals surface area contributed by atoms with Crippen LogP contribution in [0.15, 0.2) is 60.8 Å². The first-order valence-corrected chi connectivity index (χ1v) is 11.1. The number of pyridine rings is 1. The second-order valence-corrected chi connectivity index (χ2v) is 9.07. The zero-order valence-electron chi connectivity index (χ0n) is 16.1. The van der Waals surface area contributed by atoms with Crippen molar-refractivity contribution in [1.29, 1.82) is 0 Å². The van der Waals surface area contributed by atoms with Crippen LogP contribution in [0.2, 0.25) is 10.2 Å². The molecule has 0 spiro atoms. The molecule has 3 aromatic rings. The van der Waals surface area contributed by atoms with Gasteiger partial charge in [-0.25, -0.2) is 9.78 Å². The minimum absolute atomic E-state index is 0.190. The van der Waals surface area contributed by atoms with E-state index in [2.05, 4.69) is 10.3 Å². The molecule has 1 aromatic heterocycles. The predicted octanol–water partition coefficient (Wildman–Crippen LogP) is 4.95. The van der Waals surface area contributed by atoms with Crippen molar-refractivity contribution in [3.8, 4) is 0 Å². The number of halogens is 3. The number of benzene rings is 2. The summed E-state index contributed by atoms with van der Waals surface area (Å²) in [6.45, 7) is 0. The molecule has 0 saturated heterocycles. The van der Waals surface area contributed by atoms with E-state index < -0.39 is 29.9 Å². The van der Waals surface area contributed by atoms with Crippen LogP contribution in [-0.2, 0) is 9.59 Å². The Morgan fingerprint density at radius 3 is 2.44 bits per heavy atom. The predicted molar refractivity (Wildman–Crippen MR) is 128 cm³/mol. The van der Waals surface area contributed by atoms with E-state index in [1.165, 1.54) is 36.5 Å². The van der Waals surface area contributed by atoms with Crippen LogP contribution in [0.3, 0.4) is 0 Å². The van der Waals surface area contributed by atoms with E-state index in [0.717, 1.165) is 8.47 Å². The fraction of sp³-hybridized carbons (Fsp3) is 0.0909. The number of hydrogen-bond donors (Lipinski definition) is 2. The van der Waals surface area contributed by atoms with E-state index in [4.69, 9.17) is 23.2 Å². The Balaban J connectivity index is 1.95. The Morgan fingerprint density at radius 2 is 1.81 bits per heavy atom. The summed E-state index contributed by atoms with van der Waals surface area (Å²) < 4.78 is 0.758. The standard InChI is InChI=1S/C22H14Cl2IN3O4/c23-13-4-1-11(2-5-13)19(22(31)32)28-18(12-3-8-17(24)26-10-12)20(29)27-16-7-6-14(25)9-15(16)21(28)30/h1-10,18-19H,(H,27,29)(H,31,32)/t18-,19-/m0/s1. The highest BCUT2D eigenvalue weighted by Gasteiger charge is 2.44. The average molecular weight is 582 g/mol. The molecule has 2 atom stereocenters. The van der Waals surface area contributed by atoms with Crippen LogP contribution < -0.4 is 5.32 Å². The van der Waals surface area contributed by atoms with Crippen LogP contribution in [-0.4, -0.2) is 32.8 Å². The van der Waals surface area contributed by atoms with Gasteiger partial charge in [-0.3, -0.25) is 9.59 Å². The van der Waals surface area contributed by atoms with Gasteiger partial charge in [-0.05, 0) is 64.6 Å². The summed E-state index contributed by atoms with van der Waals surface area (Å²) in [5.74, 6) is -2.48. The van der Waals surface area contributed by atoms with Crippen molar-refractivity contribution in [1.82, 2.24) is 9.88 Å². The number of aliphatic carboxylic acids is 1. The largest absolute Gasteiger partial charge is 0.479 e. The fourth-order valence-electron chi connectivity index (χ4n) is 3.58. The van der Waals surface area contributed by atoms with Crippen molar-refractivity contribution in [2.45, 2.75) is 12.1 Å². The highest BCUT2D eigenvalue weighted by atomic mass is 127. The molecule has 2 aromatic carbocycles. The fourth-order valence-corrected chi connectivity index (χ4v) is 4.31. The summed E-state index contributed by atoms with van der Waals surface area (Å²) in [6.07, 6.45) is 1.35. The van der Waals surface area contributed by atoms with Crippen molar-refractivity contribution >= 4 is 69.3 Å². The van der Waals surface area contributed by atoms with Gasteiger partial charge in [0.25, 0.3) is 11.8 Å². The molecular formula is C22H14Cl2IN3O4. The monoisotopic (exact) mass is 581 g/mol. The van der Waals surface area contributed by atoms with Crippen molar-refractivity contribution in [2.75, 3.05) is 5.32 Å². The number of nitrogens with one attached hydrogen (secondary N) is 1. The first kappa shape index (κ1) is 22.5. The van der Waals surface area contributed by atoms with Gasteiger partial charge in [-0.1, -0.05) is 41.4 Å². The van der Waals surface area contributed by atoms with E-state index in [-0.39, 0.29) is 10.7 Å². The smallest absolute Gasteiger partial charge is 0.331 e. The van der Waals surface area contributed by atoms with Gasteiger partial charge in [0.2, 0.25) is 0 Å². The average Bonchev–Trinajstić information content (AvgIpc) is 2.85. The molecule has 1 aliphatic rings. The first-order valence-electron chi connectivity index (χ1n) is 9.29. The number of carbonyl (C=O) groups excluding carboxylic acids is 2. The third-order valence-corrected chi connectivity index (χ3v) is 6.14. The maximum atomic E-state index is 13.8. The Kier molecular flexibility index (Phi) is 6.36. The number of aromatic nitrogens is 1. The maximum Gasteiger partial charge on any atom is 0.331 e. The lowest BCUT2D eigenvalue weighted by Gasteiger charge is -2.34. The molecule has 0 radical (unpaired) electrons. The van der Waals surface area contributed by atoms with Crippen molar-refractivity contribution < 1.29 is 19.5 Å². The third kappa shape index (κ3) is 4.30. The van der Waals surface area contributed by atoms with E-state index in [1.54, 1.807) is 24.3 Å². The molecule has 10 heteroatoms. The molecule has 1 aliphatic heterocycles. The first-order chi connectivity index (χ1) is 15.3. The third-order valence-electron chi connectivity index (χ3n) is 4.99. The number of nitrogens with zero attached hydrogens (tertiary/aromatic N) is 2. The van der Waals surface area contributed by atoms with Crippen LogP contribution in [0.25, 0.3) is 0 Å². The number of amides is 2. The molecular weight excluding hydrogens is 568 g/mol. The molecule has 162 valence electrons. The lowest BCUT2D eigenvalue weighted by atomic mass is 9.98. The maximum absolute atomic E-state index is 13.8. The van der Waals surface area contributed by atoms with Gasteiger partial charge >= 0.3 is 5.97 Å². The summed E-state index contributed by atoms with van der Waals surface area (Å²) in [6, 6.07) is 11.4. The molecule has 2 N–H and O–H groups in total. The summed E-state index contributed by atoms with van der Waals surface area (Å²) >= 11 is 13.9. The second-order valence-electron chi connectivity index (χ2n) is 7.00. The Morgan fingerprint density at radius 1 is 1.09 bits per heavy atom. The van der Waals surface area contributed by atoms with Gasteiger partial charge in [0.15, 0.2) is 6.04 Å². The number of rotatable bonds is 4. The molecule has 0 saturated carbocycles. The van der Waals surface area contributed by atoms with Crippen LogP contribution in [0.4, 0.5) is 5.69 Å². The molecule has 0 fully saturated rings. The molecule has 0 bridgehead atoms. The van der Waals surface area contributed by atoms with Crippen molar-refractivity contribution in [2.24, 2.45) is 0 Å². The van der Waals surface area contributed by atoms with Gasteiger partial charge in [-0.15, -0.1) is 0 Å². The van der Waals surface area contributed by atoms with E-state index >= 15 is 0 Å². The lowest BCUT2D eigenvalue weighted by molar-refractivity contribution is -0.144. The van der Waals surface area contributed by atoms with Crippen LogP contribution in [0, 0.1) is 3.57 Å². The molecule has 32 heavy (non-hydrogen) atoms. The van der Waals surface area contributed by atoms with Gasteiger partial charge in [0.05, 0.1) is 11.3 Å². The highest BCUT2D eigenvalue weighted by Crippen LogP contribution is 2.38. The topological polar surface area (TPSA) is 99.6 Å². The molecule has 2 heterocycles. The zero-order valence-corrected chi connectivity index (χ0v) is 19.8. The minimum Gasteiger partial charge on any atom is -0.479 e. The molecule has 4 rings (SSSR count). The van der Waals surface area contributed by atoms with Crippen LogP contribution >= 0.6 is 45.8 Å². The lowest BCUT2D eigenvalue weighted by Crippen LogP contribution is -2.44. The van der Waals surface area contributed by atoms with Crippen LogP contribution in [0.1, 0.15) is 33.6 Å². The number of hydrogen-bond acceptors (Lipinski definition) is 4. The summed E-state index contributed by atoms with van der Waals surface area (Å²) in [5, 5.41) is 13.5. The molecule has 2 amide bonds. The van der Waals surface area contributed by atoms with Gasteiger partial charge < -0.3 is 15.3 Å². The highest BCUT2D eigenvalue weighted by molar-refractivity contribution is 14.1. The Bertz CT molecular complexity index is 1220. The second kappa shape index (κ2) is 9.05. The van der Waals surface area contributed by atoms with Crippen LogP contribution in [0.5, 0.6) is 0 Å². The zero-order chi connectivity index (χ0) is 23.0. The number of carboxylic acid groups (broad SMARTS) is 1. The SMILES string of the molecule is O=C(O)[C@H](c1ccc(Cl)cc1)N1C(=O)c2cc(I)ccc2NC(=O)[C@@H]1c1ccc(Cl)nc1. The Labute approximate surface area is 206 Å². The van der Waals surface area contributed by atoms with E-state index in [0.29, 0.717) is 21.8 Å². The van der Waals surface area contributed by atoms with E-state index in [9.17, 15) is 19.5 Å². The van der Waals surface area contributed by atoms with Gasteiger partial charge in [0, 0.05) is 20.4 Å². The van der Waals surface area contributed by atoms with Crippen molar-refractivity contribution in [3.63, 3.8) is 0 Å². The summed E-state index contributed by atoms with van der Waals surface area (Å²) in [4.78, 5) is 44.6. The number of carboxylic acids is 1. The summed E-state index contributed by atoms with van der Waals surface area (Å²) in [5.41, 5.74) is 1.11. The van der Waals surface area contributed by atoms with Crippen molar-refractivity contribution in [3.05, 3.63) is 91.2 Å². The van der Waals surface area contributed by atoms with Gasteiger partial charge in [0.1, 0.15) is 11.2 Å². The number of fused-ring (bicyclic) bond motifs is 1. The molecule has 0 aliphatic carbocycles. The van der Waals surface area contributed by atoms with E-state index in [1.807, 2.05) is 22.6 Å². The quantitative estimate of drug-likeness (QED) is 0.335. The van der Waals surface area contributed by atoms with Gasteiger partial charge in [-0.2, -0.15) is 0 Å². The Hall–Kier alpha value is -2.69. The normalized spacial score (nSPS) is 16.7.